The fraction of sp³-hybridized carbons (Fsp3) is 0.917. The SMILES string of the molecule is CCOC(=O)C(C)(CCN(C)C)NC1CC1. The number of rotatable bonds is 7. The van der Waals surface area contributed by atoms with Crippen molar-refractivity contribution in [3.63, 3.8) is 0 Å². The maximum Gasteiger partial charge on any atom is 0.326 e. The standard InChI is InChI=1S/C12H24N2O2/c1-5-16-11(15)12(2,8-9-14(3)4)13-10-6-7-10/h10,13H,5-9H2,1-4H3. The van der Waals surface area contributed by atoms with Gasteiger partial charge in [0.05, 0.1) is 6.61 Å². The molecule has 0 amide bonds. The van der Waals surface area contributed by atoms with Gasteiger partial charge in [0.25, 0.3) is 0 Å². The normalized spacial score (nSPS) is 19.6. The highest BCUT2D eigenvalue weighted by atomic mass is 16.5. The van der Waals surface area contributed by atoms with E-state index in [0.717, 1.165) is 13.0 Å². The molecular formula is C12H24N2O2. The van der Waals surface area contributed by atoms with Crippen molar-refractivity contribution in [1.82, 2.24) is 10.2 Å². The van der Waals surface area contributed by atoms with Crippen molar-refractivity contribution < 1.29 is 9.53 Å². The summed E-state index contributed by atoms with van der Waals surface area (Å²) in [4.78, 5) is 14.0. The molecule has 94 valence electrons. The lowest BCUT2D eigenvalue weighted by atomic mass is 9.97. The number of carbonyl (C=O) groups is 1. The first-order valence-electron chi connectivity index (χ1n) is 6.07. The van der Waals surface area contributed by atoms with Gasteiger partial charge >= 0.3 is 5.97 Å². The van der Waals surface area contributed by atoms with Crippen molar-refractivity contribution >= 4 is 5.97 Å². The number of nitrogens with zero attached hydrogens (tertiary/aromatic N) is 1. The molecule has 0 spiro atoms. The minimum absolute atomic E-state index is 0.122. The number of hydrogen-bond donors (Lipinski definition) is 1. The smallest absolute Gasteiger partial charge is 0.326 e. The molecule has 4 heteroatoms. The highest BCUT2D eigenvalue weighted by molar-refractivity contribution is 5.80. The molecule has 1 fully saturated rings. The summed E-state index contributed by atoms with van der Waals surface area (Å²) in [6.07, 6.45) is 3.14. The predicted octanol–water partition coefficient (Wildman–Crippen LogP) is 1.01. The Morgan fingerprint density at radius 1 is 1.50 bits per heavy atom. The molecule has 0 radical (unpaired) electrons. The third-order valence-corrected chi connectivity index (χ3v) is 2.89. The van der Waals surface area contributed by atoms with Crippen LogP contribution in [0.2, 0.25) is 0 Å². The molecule has 0 aromatic rings. The lowest BCUT2D eigenvalue weighted by molar-refractivity contribution is -0.151. The van der Waals surface area contributed by atoms with Crippen LogP contribution in [-0.4, -0.2) is 49.7 Å². The van der Waals surface area contributed by atoms with Gasteiger partial charge in [-0.3, -0.25) is 10.1 Å². The highest BCUT2D eigenvalue weighted by Gasteiger charge is 2.39. The zero-order chi connectivity index (χ0) is 12.2. The molecule has 0 saturated heterocycles. The van der Waals surface area contributed by atoms with Gasteiger partial charge in [0.1, 0.15) is 5.54 Å². The molecule has 1 saturated carbocycles. The fourth-order valence-electron chi connectivity index (χ4n) is 1.65. The van der Waals surface area contributed by atoms with Crippen molar-refractivity contribution in [1.29, 1.82) is 0 Å². The minimum atomic E-state index is -0.526. The highest BCUT2D eigenvalue weighted by Crippen LogP contribution is 2.25. The maximum atomic E-state index is 11.9. The van der Waals surface area contributed by atoms with Crippen molar-refractivity contribution in [3.05, 3.63) is 0 Å². The van der Waals surface area contributed by atoms with Gasteiger partial charge < -0.3 is 9.64 Å². The molecule has 0 bridgehead atoms. The van der Waals surface area contributed by atoms with Crippen LogP contribution < -0.4 is 5.32 Å². The lowest BCUT2D eigenvalue weighted by Crippen LogP contribution is -2.52. The topological polar surface area (TPSA) is 41.6 Å². The van der Waals surface area contributed by atoms with Crippen LogP contribution >= 0.6 is 0 Å². The van der Waals surface area contributed by atoms with Gasteiger partial charge in [0.2, 0.25) is 0 Å². The molecule has 1 aliphatic rings. The zero-order valence-electron chi connectivity index (χ0n) is 10.9. The zero-order valence-corrected chi connectivity index (χ0v) is 10.9. The Morgan fingerprint density at radius 2 is 2.12 bits per heavy atom. The number of esters is 1. The first-order valence-corrected chi connectivity index (χ1v) is 6.07. The summed E-state index contributed by atoms with van der Waals surface area (Å²) in [6, 6.07) is 0.511. The summed E-state index contributed by atoms with van der Waals surface area (Å²) >= 11 is 0. The van der Waals surface area contributed by atoms with Crippen LogP contribution in [0.5, 0.6) is 0 Å². The maximum absolute atomic E-state index is 11.9. The van der Waals surface area contributed by atoms with Crippen molar-refractivity contribution in [2.24, 2.45) is 0 Å². The lowest BCUT2D eigenvalue weighted by Gasteiger charge is -2.29. The third-order valence-electron chi connectivity index (χ3n) is 2.89. The summed E-state index contributed by atoms with van der Waals surface area (Å²) in [5.74, 6) is -0.122. The second kappa shape index (κ2) is 5.64. The molecule has 1 atom stereocenters. The Balaban J connectivity index is 2.54. The first-order chi connectivity index (χ1) is 7.48. The van der Waals surface area contributed by atoms with E-state index in [1.807, 2.05) is 27.9 Å². The molecule has 1 rings (SSSR count). The van der Waals surface area contributed by atoms with E-state index < -0.39 is 5.54 Å². The molecule has 1 unspecified atom stereocenters. The second-order valence-electron chi connectivity index (χ2n) is 5.02. The van der Waals surface area contributed by atoms with Crippen molar-refractivity contribution in [2.45, 2.75) is 44.7 Å². The van der Waals surface area contributed by atoms with E-state index in [0.29, 0.717) is 12.6 Å². The van der Waals surface area contributed by atoms with E-state index in [1.165, 1.54) is 12.8 Å². The number of nitrogens with one attached hydrogen (secondary N) is 1. The van der Waals surface area contributed by atoms with E-state index in [9.17, 15) is 4.79 Å². The van der Waals surface area contributed by atoms with Gasteiger partial charge in [-0.1, -0.05) is 0 Å². The predicted molar refractivity (Wildman–Crippen MR) is 64.4 cm³/mol. The van der Waals surface area contributed by atoms with Crippen molar-refractivity contribution in [3.8, 4) is 0 Å². The monoisotopic (exact) mass is 228 g/mol. The van der Waals surface area contributed by atoms with Gasteiger partial charge in [-0.05, 0) is 53.8 Å². The summed E-state index contributed by atoms with van der Waals surface area (Å²) in [5, 5.41) is 3.41. The van der Waals surface area contributed by atoms with E-state index in [2.05, 4.69) is 10.2 Å². The minimum Gasteiger partial charge on any atom is -0.465 e. The second-order valence-corrected chi connectivity index (χ2v) is 5.02. The van der Waals surface area contributed by atoms with Gasteiger partial charge in [0, 0.05) is 6.04 Å². The van der Waals surface area contributed by atoms with E-state index in [4.69, 9.17) is 4.74 Å². The van der Waals surface area contributed by atoms with Crippen LogP contribution in [0.25, 0.3) is 0 Å². The van der Waals surface area contributed by atoms with Gasteiger partial charge in [-0.2, -0.15) is 0 Å². The van der Waals surface area contributed by atoms with E-state index in [1.54, 1.807) is 0 Å². The van der Waals surface area contributed by atoms with E-state index in [-0.39, 0.29) is 5.97 Å². The third kappa shape index (κ3) is 4.10. The largest absolute Gasteiger partial charge is 0.465 e. The van der Waals surface area contributed by atoms with Gasteiger partial charge in [-0.15, -0.1) is 0 Å². The van der Waals surface area contributed by atoms with Crippen LogP contribution in [0.1, 0.15) is 33.1 Å². The first kappa shape index (κ1) is 13.5. The van der Waals surface area contributed by atoms with Crippen LogP contribution in [0.3, 0.4) is 0 Å². The molecule has 16 heavy (non-hydrogen) atoms. The molecule has 0 aliphatic heterocycles. The van der Waals surface area contributed by atoms with Gasteiger partial charge in [0.15, 0.2) is 0 Å². The van der Waals surface area contributed by atoms with Crippen LogP contribution in [0, 0.1) is 0 Å². The Labute approximate surface area is 98.3 Å². The fourth-order valence-corrected chi connectivity index (χ4v) is 1.65. The number of hydrogen-bond acceptors (Lipinski definition) is 4. The Hall–Kier alpha value is -0.610. The molecule has 0 aromatic carbocycles. The number of ether oxygens (including phenoxy) is 1. The van der Waals surface area contributed by atoms with Crippen LogP contribution in [-0.2, 0) is 9.53 Å². The Bertz CT molecular complexity index is 239. The Morgan fingerprint density at radius 3 is 2.56 bits per heavy atom. The Kier molecular flexibility index (Phi) is 4.74. The molecule has 1 aliphatic carbocycles. The summed E-state index contributed by atoms with van der Waals surface area (Å²) < 4.78 is 5.15. The number of carbonyl (C=O) groups excluding carboxylic acids is 1. The average molecular weight is 228 g/mol. The molecule has 0 aromatic heterocycles. The summed E-state index contributed by atoms with van der Waals surface area (Å²) in [5.41, 5.74) is -0.526. The van der Waals surface area contributed by atoms with Crippen molar-refractivity contribution in [2.75, 3.05) is 27.2 Å². The molecule has 1 N–H and O–H groups in total. The van der Waals surface area contributed by atoms with Gasteiger partial charge in [-0.25, -0.2) is 0 Å². The molecule has 0 heterocycles. The van der Waals surface area contributed by atoms with Crippen LogP contribution in [0.4, 0.5) is 0 Å². The van der Waals surface area contributed by atoms with Crippen LogP contribution in [0.15, 0.2) is 0 Å². The average Bonchev–Trinajstić information content (AvgIpc) is 2.99. The quantitative estimate of drug-likeness (QED) is 0.660. The molecule has 4 nitrogen and oxygen atoms in total. The summed E-state index contributed by atoms with van der Waals surface area (Å²) in [7, 11) is 4.03. The summed E-state index contributed by atoms with van der Waals surface area (Å²) in [6.45, 7) is 5.13. The molecular weight excluding hydrogens is 204 g/mol. The van der Waals surface area contributed by atoms with E-state index >= 15 is 0 Å².